The average Bonchev–Trinajstić information content (AvgIpc) is 3.01. The van der Waals surface area contributed by atoms with Gasteiger partial charge in [0.1, 0.15) is 0 Å². The molecule has 108 valence electrons. The fourth-order valence-electron chi connectivity index (χ4n) is 3.04. The molecule has 1 fully saturated rings. The number of hydrogen-bond donors (Lipinski definition) is 1. The molecule has 0 aliphatic heterocycles. The maximum atomic E-state index is 6.40. The minimum Gasteiger partial charge on any atom is -0.329 e. The molecule has 0 bridgehead atoms. The molecule has 2 N–H and O–H groups in total. The molecule has 1 aliphatic carbocycles. The minimum absolute atomic E-state index is 0.667. The van der Waals surface area contributed by atoms with Crippen molar-refractivity contribution in [3.05, 3.63) is 16.4 Å². The van der Waals surface area contributed by atoms with Crippen molar-refractivity contribution in [2.45, 2.75) is 58.7 Å². The van der Waals surface area contributed by atoms with Gasteiger partial charge in [0, 0.05) is 32.2 Å². The lowest BCUT2D eigenvalue weighted by Crippen LogP contribution is -2.37. The topological polar surface area (TPSA) is 47.1 Å². The molecule has 1 saturated carbocycles. The summed E-state index contributed by atoms with van der Waals surface area (Å²) in [5, 5.41) is 5.32. The standard InChI is InChI=1S/C14H25ClN4/c1-3-19-13(14(15)11(2)17-19)10-18(9-8-16)12-6-4-5-7-12/h12H,3-10,16H2,1-2H3. The molecule has 0 unspecified atom stereocenters. The highest BCUT2D eigenvalue weighted by molar-refractivity contribution is 6.31. The Hall–Kier alpha value is -0.580. The van der Waals surface area contributed by atoms with Crippen LogP contribution in [0.1, 0.15) is 44.0 Å². The van der Waals surface area contributed by atoms with Crippen molar-refractivity contribution >= 4 is 11.6 Å². The van der Waals surface area contributed by atoms with Crippen LogP contribution in [0.4, 0.5) is 0 Å². The molecule has 5 heteroatoms. The zero-order chi connectivity index (χ0) is 13.8. The van der Waals surface area contributed by atoms with Crippen LogP contribution in [-0.2, 0) is 13.1 Å². The highest BCUT2D eigenvalue weighted by Crippen LogP contribution is 2.27. The molecule has 1 aliphatic rings. The van der Waals surface area contributed by atoms with E-state index in [4.69, 9.17) is 17.3 Å². The van der Waals surface area contributed by atoms with Gasteiger partial charge in [-0.3, -0.25) is 9.58 Å². The van der Waals surface area contributed by atoms with Crippen molar-refractivity contribution in [1.82, 2.24) is 14.7 Å². The molecule has 0 amide bonds. The predicted octanol–water partition coefficient (Wildman–Crippen LogP) is 2.57. The van der Waals surface area contributed by atoms with Gasteiger partial charge in [-0.25, -0.2) is 0 Å². The SMILES string of the molecule is CCn1nc(C)c(Cl)c1CN(CCN)C1CCCC1. The van der Waals surface area contributed by atoms with Crippen molar-refractivity contribution in [1.29, 1.82) is 0 Å². The molecule has 2 rings (SSSR count). The Morgan fingerprint density at radius 2 is 2.11 bits per heavy atom. The fraction of sp³-hybridized carbons (Fsp3) is 0.786. The number of halogens is 1. The molecule has 19 heavy (non-hydrogen) atoms. The minimum atomic E-state index is 0.667. The number of hydrogen-bond acceptors (Lipinski definition) is 3. The van der Waals surface area contributed by atoms with Crippen LogP contribution in [0.15, 0.2) is 0 Å². The van der Waals surface area contributed by atoms with Gasteiger partial charge in [0.05, 0.1) is 16.4 Å². The molecule has 1 heterocycles. The Balaban J connectivity index is 2.16. The molecule has 0 atom stereocenters. The van der Waals surface area contributed by atoms with Crippen LogP contribution in [0.2, 0.25) is 5.02 Å². The monoisotopic (exact) mass is 284 g/mol. The first kappa shape index (κ1) is 14.8. The van der Waals surface area contributed by atoms with Crippen LogP contribution in [0, 0.1) is 6.92 Å². The Morgan fingerprint density at radius 1 is 1.42 bits per heavy atom. The summed E-state index contributed by atoms with van der Waals surface area (Å²) in [6.07, 6.45) is 5.25. The van der Waals surface area contributed by atoms with Gasteiger partial charge in [-0.05, 0) is 26.7 Å². The summed E-state index contributed by atoms with van der Waals surface area (Å²) in [6.45, 7) is 7.46. The molecule has 0 aromatic carbocycles. The van der Waals surface area contributed by atoms with E-state index in [1.807, 2.05) is 11.6 Å². The van der Waals surface area contributed by atoms with Crippen molar-refractivity contribution in [3.63, 3.8) is 0 Å². The lowest BCUT2D eigenvalue weighted by Gasteiger charge is -2.28. The van der Waals surface area contributed by atoms with E-state index >= 15 is 0 Å². The van der Waals surface area contributed by atoms with E-state index < -0.39 is 0 Å². The Morgan fingerprint density at radius 3 is 2.68 bits per heavy atom. The van der Waals surface area contributed by atoms with Crippen molar-refractivity contribution in [2.75, 3.05) is 13.1 Å². The number of nitrogens with zero attached hydrogens (tertiary/aromatic N) is 3. The van der Waals surface area contributed by atoms with E-state index in [9.17, 15) is 0 Å². The third-order valence-electron chi connectivity index (χ3n) is 4.06. The molecule has 1 aromatic rings. The van der Waals surface area contributed by atoms with Gasteiger partial charge < -0.3 is 5.73 Å². The van der Waals surface area contributed by atoms with E-state index in [2.05, 4.69) is 16.9 Å². The molecule has 0 spiro atoms. The zero-order valence-corrected chi connectivity index (χ0v) is 12.8. The van der Waals surface area contributed by atoms with Crippen molar-refractivity contribution in [3.8, 4) is 0 Å². The van der Waals surface area contributed by atoms with Crippen LogP contribution in [0.25, 0.3) is 0 Å². The van der Waals surface area contributed by atoms with Gasteiger partial charge in [0.25, 0.3) is 0 Å². The van der Waals surface area contributed by atoms with Gasteiger partial charge in [0.2, 0.25) is 0 Å². The average molecular weight is 285 g/mol. The predicted molar refractivity (Wildman–Crippen MR) is 79.4 cm³/mol. The van der Waals surface area contributed by atoms with Gasteiger partial charge in [-0.1, -0.05) is 24.4 Å². The first-order valence-corrected chi connectivity index (χ1v) is 7.71. The second-order valence-electron chi connectivity index (χ2n) is 5.36. The van der Waals surface area contributed by atoms with E-state index in [0.29, 0.717) is 12.6 Å². The lowest BCUT2D eigenvalue weighted by molar-refractivity contribution is 0.190. The van der Waals surface area contributed by atoms with Crippen LogP contribution >= 0.6 is 11.6 Å². The number of aryl methyl sites for hydroxylation is 2. The highest BCUT2D eigenvalue weighted by atomic mass is 35.5. The number of aromatic nitrogens is 2. The lowest BCUT2D eigenvalue weighted by atomic mass is 10.2. The van der Waals surface area contributed by atoms with E-state index in [1.54, 1.807) is 0 Å². The summed E-state index contributed by atoms with van der Waals surface area (Å²) >= 11 is 6.40. The van der Waals surface area contributed by atoms with E-state index in [-0.39, 0.29) is 0 Å². The van der Waals surface area contributed by atoms with E-state index in [1.165, 1.54) is 25.7 Å². The summed E-state index contributed by atoms with van der Waals surface area (Å²) in [6, 6.07) is 0.667. The van der Waals surface area contributed by atoms with Crippen LogP contribution < -0.4 is 5.73 Å². The number of nitrogens with two attached hydrogens (primary N) is 1. The summed E-state index contributed by atoms with van der Waals surface area (Å²) in [5.41, 5.74) is 7.84. The summed E-state index contributed by atoms with van der Waals surface area (Å²) < 4.78 is 2.02. The molecular formula is C14H25ClN4. The maximum absolute atomic E-state index is 6.40. The Labute approximate surface area is 120 Å². The largest absolute Gasteiger partial charge is 0.329 e. The Kier molecular flexibility index (Phi) is 5.25. The van der Waals surface area contributed by atoms with Crippen LogP contribution in [0.5, 0.6) is 0 Å². The first-order valence-electron chi connectivity index (χ1n) is 7.33. The second kappa shape index (κ2) is 6.73. The van der Waals surface area contributed by atoms with Crippen LogP contribution in [-0.4, -0.2) is 33.8 Å². The number of rotatable bonds is 6. The van der Waals surface area contributed by atoms with Crippen LogP contribution in [0.3, 0.4) is 0 Å². The van der Waals surface area contributed by atoms with Crippen molar-refractivity contribution < 1.29 is 0 Å². The van der Waals surface area contributed by atoms with Gasteiger partial charge >= 0.3 is 0 Å². The van der Waals surface area contributed by atoms with Crippen molar-refractivity contribution in [2.24, 2.45) is 5.73 Å². The molecule has 0 saturated heterocycles. The van der Waals surface area contributed by atoms with Gasteiger partial charge in [-0.2, -0.15) is 5.10 Å². The quantitative estimate of drug-likeness (QED) is 0.873. The normalized spacial score (nSPS) is 16.7. The maximum Gasteiger partial charge on any atom is 0.0860 e. The summed E-state index contributed by atoms with van der Waals surface area (Å²) in [4.78, 5) is 2.49. The van der Waals surface area contributed by atoms with Gasteiger partial charge in [-0.15, -0.1) is 0 Å². The molecular weight excluding hydrogens is 260 g/mol. The Bertz CT molecular complexity index is 410. The second-order valence-corrected chi connectivity index (χ2v) is 5.74. The van der Waals surface area contributed by atoms with Gasteiger partial charge in [0.15, 0.2) is 0 Å². The zero-order valence-electron chi connectivity index (χ0n) is 12.0. The third kappa shape index (κ3) is 3.30. The molecule has 0 radical (unpaired) electrons. The summed E-state index contributed by atoms with van der Waals surface area (Å²) in [5.74, 6) is 0. The third-order valence-corrected chi connectivity index (χ3v) is 4.55. The molecule has 1 aromatic heterocycles. The summed E-state index contributed by atoms with van der Waals surface area (Å²) in [7, 11) is 0. The fourth-order valence-corrected chi connectivity index (χ4v) is 3.23. The highest BCUT2D eigenvalue weighted by Gasteiger charge is 2.24. The molecule has 4 nitrogen and oxygen atoms in total. The smallest absolute Gasteiger partial charge is 0.0860 e. The first-order chi connectivity index (χ1) is 9.17. The van der Waals surface area contributed by atoms with E-state index in [0.717, 1.165) is 36.0 Å².